The predicted octanol–water partition coefficient (Wildman–Crippen LogP) is 0.796. The molecule has 2 N–H and O–H groups in total. The maximum Gasteiger partial charge on any atom is 0.411 e. The van der Waals surface area contributed by atoms with Gasteiger partial charge < -0.3 is 14.9 Å². The number of hydrogen-bond acceptors (Lipinski definition) is 6. The van der Waals surface area contributed by atoms with Crippen molar-refractivity contribution in [2.24, 2.45) is 0 Å². The van der Waals surface area contributed by atoms with Crippen LogP contribution < -0.4 is 0 Å². The Kier molecular flexibility index (Phi) is 4.88. The summed E-state index contributed by atoms with van der Waals surface area (Å²) in [5.74, 6) is -1.20. The molecule has 0 spiro atoms. The average Bonchev–Trinajstić information content (AvgIpc) is 3.14. The molecule has 2 rings (SSSR count). The largest absolute Gasteiger partial charge is 0.479 e. The van der Waals surface area contributed by atoms with Crippen LogP contribution in [0, 0.1) is 0 Å². The van der Waals surface area contributed by atoms with Gasteiger partial charge in [-0.2, -0.15) is 0 Å². The zero-order valence-corrected chi connectivity index (χ0v) is 13.5. The van der Waals surface area contributed by atoms with E-state index in [2.05, 4.69) is 10.3 Å². The first-order valence-corrected chi connectivity index (χ1v) is 7.48. The minimum atomic E-state index is -1.26. The fourth-order valence-corrected chi connectivity index (χ4v) is 2.17. The van der Waals surface area contributed by atoms with Gasteiger partial charge >= 0.3 is 12.1 Å². The molecule has 9 heteroatoms. The molecule has 0 aromatic carbocycles. The lowest BCUT2D eigenvalue weighted by Gasteiger charge is -2.30. The number of carboxylic acids is 1. The van der Waals surface area contributed by atoms with E-state index in [1.54, 1.807) is 20.8 Å². The molecular formula is C14H22N4O5. The Morgan fingerprint density at radius 2 is 2.13 bits per heavy atom. The molecule has 128 valence electrons. The normalized spacial score (nSPS) is 16.0. The van der Waals surface area contributed by atoms with Crippen molar-refractivity contribution in [1.82, 2.24) is 19.9 Å². The number of aliphatic hydroxyl groups excluding tert-OH is 1. The minimum Gasteiger partial charge on any atom is -0.479 e. The highest BCUT2D eigenvalue weighted by Crippen LogP contribution is 2.35. The van der Waals surface area contributed by atoms with Gasteiger partial charge in [0.25, 0.3) is 0 Å². The van der Waals surface area contributed by atoms with Crippen LogP contribution in [0.3, 0.4) is 0 Å². The fourth-order valence-electron chi connectivity index (χ4n) is 2.17. The van der Waals surface area contributed by atoms with E-state index in [0.29, 0.717) is 0 Å². The molecular weight excluding hydrogens is 304 g/mol. The molecule has 1 fully saturated rings. The Morgan fingerprint density at radius 3 is 2.61 bits per heavy atom. The second-order valence-electron chi connectivity index (χ2n) is 6.49. The molecule has 23 heavy (non-hydrogen) atoms. The van der Waals surface area contributed by atoms with Crippen molar-refractivity contribution in [3.8, 4) is 0 Å². The second kappa shape index (κ2) is 6.53. The van der Waals surface area contributed by atoms with Gasteiger partial charge in [0.2, 0.25) is 0 Å². The molecule has 0 saturated heterocycles. The summed E-state index contributed by atoms with van der Waals surface area (Å²) < 4.78 is 6.68. The van der Waals surface area contributed by atoms with Crippen molar-refractivity contribution in [3.05, 3.63) is 11.9 Å². The number of aromatic nitrogens is 3. The molecule has 1 aliphatic carbocycles. The quantitative estimate of drug-likeness (QED) is 0.793. The highest BCUT2D eigenvalue weighted by Gasteiger charge is 2.44. The van der Waals surface area contributed by atoms with Gasteiger partial charge in [-0.1, -0.05) is 5.21 Å². The van der Waals surface area contributed by atoms with Gasteiger partial charge in [0.05, 0.1) is 19.3 Å². The lowest BCUT2D eigenvalue weighted by atomic mass is 10.2. The smallest absolute Gasteiger partial charge is 0.411 e. The summed E-state index contributed by atoms with van der Waals surface area (Å²) >= 11 is 0. The van der Waals surface area contributed by atoms with E-state index in [9.17, 15) is 14.7 Å². The van der Waals surface area contributed by atoms with Gasteiger partial charge in [-0.15, -0.1) is 5.10 Å². The number of carbonyl (C=O) groups excluding carboxylic acids is 1. The molecule has 1 aromatic rings. The highest BCUT2D eigenvalue weighted by molar-refractivity contribution is 5.81. The first-order chi connectivity index (χ1) is 10.7. The highest BCUT2D eigenvalue weighted by atomic mass is 16.6. The summed E-state index contributed by atoms with van der Waals surface area (Å²) in [5, 5.41) is 26.1. The second-order valence-corrected chi connectivity index (χ2v) is 6.49. The van der Waals surface area contributed by atoms with Crippen LogP contribution in [0.15, 0.2) is 6.20 Å². The lowest BCUT2D eigenvalue weighted by molar-refractivity contribution is -0.143. The van der Waals surface area contributed by atoms with Gasteiger partial charge in [0, 0.05) is 6.04 Å². The van der Waals surface area contributed by atoms with Crippen LogP contribution >= 0.6 is 0 Å². The van der Waals surface area contributed by atoms with Crippen molar-refractivity contribution in [1.29, 1.82) is 0 Å². The third kappa shape index (κ3) is 4.41. The molecule has 9 nitrogen and oxygen atoms in total. The summed E-state index contributed by atoms with van der Waals surface area (Å²) in [5.41, 5.74) is -0.578. The van der Waals surface area contributed by atoms with Crippen molar-refractivity contribution in [3.63, 3.8) is 0 Å². The summed E-state index contributed by atoms with van der Waals surface area (Å²) in [7, 11) is 0. The molecule has 1 heterocycles. The van der Waals surface area contributed by atoms with E-state index in [0.717, 1.165) is 12.8 Å². The van der Waals surface area contributed by atoms with Crippen LogP contribution in [0.5, 0.6) is 0 Å². The van der Waals surface area contributed by atoms with Crippen LogP contribution in [0.2, 0.25) is 0 Å². The van der Waals surface area contributed by atoms with Crippen LogP contribution in [0.25, 0.3) is 0 Å². The van der Waals surface area contributed by atoms with E-state index < -0.39 is 23.7 Å². The zero-order valence-electron chi connectivity index (χ0n) is 13.5. The Balaban J connectivity index is 2.28. The van der Waals surface area contributed by atoms with E-state index in [1.165, 1.54) is 15.8 Å². The summed E-state index contributed by atoms with van der Waals surface area (Å²) in [6.07, 6.45) is 2.21. The van der Waals surface area contributed by atoms with Crippen molar-refractivity contribution >= 4 is 12.1 Å². The summed E-state index contributed by atoms with van der Waals surface area (Å²) in [6.45, 7) is 5.24. The van der Waals surface area contributed by atoms with Gasteiger partial charge in [-0.25, -0.2) is 14.3 Å². The van der Waals surface area contributed by atoms with Crippen LogP contribution in [-0.4, -0.2) is 60.4 Å². The van der Waals surface area contributed by atoms with Gasteiger partial charge in [0.1, 0.15) is 11.3 Å². The molecule has 1 amide bonds. The van der Waals surface area contributed by atoms with Gasteiger partial charge in [0.15, 0.2) is 6.04 Å². The molecule has 1 unspecified atom stereocenters. The number of nitrogens with zero attached hydrogens (tertiary/aromatic N) is 4. The van der Waals surface area contributed by atoms with E-state index >= 15 is 0 Å². The molecule has 0 radical (unpaired) electrons. The lowest BCUT2D eigenvalue weighted by Crippen LogP contribution is -2.43. The van der Waals surface area contributed by atoms with Crippen molar-refractivity contribution in [2.45, 2.75) is 57.8 Å². The Bertz CT molecular complexity index is 576. The number of amides is 1. The average molecular weight is 326 g/mol. The molecule has 1 saturated carbocycles. The van der Waals surface area contributed by atoms with Gasteiger partial charge in [-0.3, -0.25) is 4.90 Å². The first-order valence-electron chi connectivity index (χ1n) is 7.48. The number of rotatable bonds is 6. The van der Waals surface area contributed by atoms with Crippen molar-refractivity contribution in [2.75, 3.05) is 6.61 Å². The van der Waals surface area contributed by atoms with Crippen LogP contribution in [0.4, 0.5) is 4.79 Å². The summed E-state index contributed by atoms with van der Waals surface area (Å²) in [6, 6.07) is -1.43. The fraction of sp³-hybridized carbons (Fsp3) is 0.714. The third-order valence-corrected chi connectivity index (χ3v) is 3.22. The molecule has 0 bridgehead atoms. The van der Waals surface area contributed by atoms with Crippen LogP contribution in [-0.2, 0) is 16.1 Å². The zero-order chi connectivity index (χ0) is 17.2. The number of carboxylic acid groups (broad SMARTS) is 1. The number of carbonyl (C=O) groups is 2. The predicted molar refractivity (Wildman–Crippen MR) is 78.6 cm³/mol. The Morgan fingerprint density at radius 1 is 1.48 bits per heavy atom. The third-order valence-electron chi connectivity index (χ3n) is 3.22. The number of ether oxygens (including phenoxy) is 1. The molecule has 1 atom stereocenters. The minimum absolute atomic E-state index is 0.140. The van der Waals surface area contributed by atoms with Gasteiger partial charge in [-0.05, 0) is 33.6 Å². The van der Waals surface area contributed by atoms with E-state index in [1.807, 2.05) is 0 Å². The van der Waals surface area contributed by atoms with E-state index in [-0.39, 0.29) is 24.9 Å². The Labute approximate surface area is 133 Å². The summed E-state index contributed by atoms with van der Waals surface area (Å²) in [4.78, 5) is 25.4. The maximum absolute atomic E-state index is 12.4. The van der Waals surface area contributed by atoms with Crippen molar-refractivity contribution < 1.29 is 24.5 Å². The number of aliphatic carboxylic acids is 1. The Hall–Kier alpha value is -2.16. The number of hydrogen-bond donors (Lipinski definition) is 2. The standard InChI is InChI=1S/C14H22N4O5/c1-14(2,3)23-13(22)18(9-4-5-9)11(12(20)21)10-8-17(6-7-19)16-15-10/h8-9,11,19H,4-7H2,1-3H3,(H,20,21). The van der Waals surface area contributed by atoms with E-state index in [4.69, 9.17) is 9.84 Å². The molecule has 0 aliphatic heterocycles. The molecule has 1 aromatic heterocycles. The molecule has 1 aliphatic rings. The topological polar surface area (TPSA) is 118 Å². The number of aliphatic hydroxyl groups is 1. The SMILES string of the molecule is CC(C)(C)OC(=O)N(C1CC1)C(C(=O)O)c1cn(CCO)nn1. The first kappa shape index (κ1) is 17.2. The van der Waals surface area contributed by atoms with Crippen LogP contribution in [0.1, 0.15) is 45.3 Å². The maximum atomic E-state index is 12.4. The monoisotopic (exact) mass is 326 g/mol.